The molecule has 0 unspecified atom stereocenters. The van der Waals surface area contributed by atoms with Gasteiger partial charge in [0.2, 0.25) is 0 Å². The minimum atomic E-state index is 1.01. The summed E-state index contributed by atoms with van der Waals surface area (Å²) in [6.07, 6.45) is 1.01. The number of hydrogen-bond donors (Lipinski definition) is 0. The number of nitrogens with zero attached hydrogens (tertiary/aromatic N) is 1. The van der Waals surface area contributed by atoms with Crippen molar-refractivity contribution >= 4 is 0 Å². The SMILES string of the molecule is CC.CC.CC#CCC[N+](C)(C)C. The van der Waals surface area contributed by atoms with Gasteiger partial charge in [0.15, 0.2) is 0 Å². The predicted octanol–water partition coefficient (Wildman–Crippen LogP) is 3.16. The molecule has 0 N–H and O–H groups in total. The van der Waals surface area contributed by atoms with E-state index in [0.717, 1.165) is 17.4 Å². The lowest BCUT2D eigenvalue weighted by Crippen LogP contribution is -2.34. The molecule has 0 aromatic rings. The van der Waals surface area contributed by atoms with Crippen LogP contribution < -0.4 is 0 Å². The van der Waals surface area contributed by atoms with Gasteiger partial charge in [0.25, 0.3) is 0 Å². The van der Waals surface area contributed by atoms with Crippen LogP contribution in [-0.4, -0.2) is 32.2 Å². The van der Waals surface area contributed by atoms with Crippen LogP contribution in [0.2, 0.25) is 0 Å². The van der Waals surface area contributed by atoms with Gasteiger partial charge in [0.1, 0.15) is 0 Å². The minimum absolute atomic E-state index is 1.01. The van der Waals surface area contributed by atoms with Gasteiger partial charge in [-0.05, 0) is 6.92 Å². The highest BCUT2D eigenvalue weighted by Gasteiger charge is 2.02. The second-order valence-corrected chi connectivity index (χ2v) is 3.19. The molecule has 13 heavy (non-hydrogen) atoms. The molecule has 0 fully saturated rings. The summed E-state index contributed by atoms with van der Waals surface area (Å²) in [4.78, 5) is 0. The maximum absolute atomic E-state index is 3.04. The van der Waals surface area contributed by atoms with Crippen molar-refractivity contribution in [2.24, 2.45) is 0 Å². The highest BCUT2D eigenvalue weighted by Crippen LogP contribution is 1.90. The monoisotopic (exact) mass is 186 g/mol. The Balaban J connectivity index is -0.000000218. The van der Waals surface area contributed by atoms with Gasteiger partial charge >= 0.3 is 0 Å². The topological polar surface area (TPSA) is 0 Å². The van der Waals surface area contributed by atoms with E-state index in [1.165, 1.54) is 0 Å². The maximum atomic E-state index is 3.04. The van der Waals surface area contributed by atoms with Gasteiger partial charge in [-0.15, -0.1) is 5.92 Å². The Morgan fingerprint density at radius 1 is 0.923 bits per heavy atom. The zero-order chi connectivity index (χ0) is 11.3. The summed E-state index contributed by atoms with van der Waals surface area (Å²) in [6, 6.07) is 0. The summed E-state index contributed by atoms with van der Waals surface area (Å²) in [5, 5.41) is 0. The molecule has 0 aliphatic heterocycles. The van der Waals surface area contributed by atoms with E-state index >= 15 is 0 Å². The average molecular weight is 186 g/mol. The fourth-order valence-corrected chi connectivity index (χ4v) is 0.516. The molecule has 0 aromatic carbocycles. The first kappa shape index (κ1) is 18.3. The molecule has 0 heterocycles. The lowest BCUT2D eigenvalue weighted by Gasteiger charge is -2.22. The van der Waals surface area contributed by atoms with E-state index in [1.807, 2.05) is 34.6 Å². The van der Waals surface area contributed by atoms with Crippen molar-refractivity contribution in [1.82, 2.24) is 0 Å². The molecule has 0 amide bonds. The van der Waals surface area contributed by atoms with E-state index in [4.69, 9.17) is 0 Å². The lowest BCUT2D eigenvalue weighted by molar-refractivity contribution is -0.869. The maximum Gasteiger partial charge on any atom is 0.0891 e. The van der Waals surface area contributed by atoms with Crippen LogP contribution in [0.5, 0.6) is 0 Å². The smallest absolute Gasteiger partial charge is 0.0891 e. The molecule has 0 aromatic heterocycles. The Morgan fingerprint density at radius 3 is 1.54 bits per heavy atom. The molecule has 0 saturated heterocycles. The van der Waals surface area contributed by atoms with Gasteiger partial charge in [0, 0.05) is 0 Å². The third-order valence-electron chi connectivity index (χ3n) is 1.08. The van der Waals surface area contributed by atoms with E-state index in [-0.39, 0.29) is 0 Å². The molecule has 80 valence electrons. The number of rotatable bonds is 2. The van der Waals surface area contributed by atoms with E-state index < -0.39 is 0 Å². The zero-order valence-electron chi connectivity index (χ0n) is 10.9. The fourth-order valence-electron chi connectivity index (χ4n) is 0.516. The molecule has 0 atom stereocenters. The first-order chi connectivity index (χ1) is 6.06. The summed E-state index contributed by atoms with van der Waals surface area (Å²) >= 11 is 0. The molecular weight excluding hydrogens is 158 g/mol. The van der Waals surface area contributed by atoms with Crippen molar-refractivity contribution in [3.8, 4) is 11.8 Å². The van der Waals surface area contributed by atoms with Crippen LogP contribution in [0.1, 0.15) is 41.0 Å². The van der Waals surface area contributed by atoms with E-state index in [1.54, 1.807) is 0 Å². The highest BCUT2D eigenvalue weighted by molar-refractivity contribution is 4.94. The molecule has 0 radical (unpaired) electrons. The van der Waals surface area contributed by atoms with Crippen molar-refractivity contribution < 1.29 is 4.48 Å². The van der Waals surface area contributed by atoms with Gasteiger partial charge in [-0.1, -0.05) is 33.6 Å². The second kappa shape index (κ2) is 14.1. The number of hydrogen-bond acceptors (Lipinski definition) is 0. The summed E-state index contributed by atoms with van der Waals surface area (Å²) < 4.78 is 1.01. The molecule has 1 nitrogen and oxygen atoms in total. The average Bonchev–Trinajstić information content (AvgIpc) is 2.10. The standard InChI is InChI=1S/C8H16N.2C2H6/c1-5-6-7-8-9(2,3)4;2*1-2/h7-8H2,1-4H3;2*1-2H3/q+1;;. The van der Waals surface area contributed by atoms with Crippen LogP contribution in [0.25, 0.3) is 0 Å². The third kappa shape index (κ3) is 34.3. The highest BCUT2D eigenvalue weighted by atomic mass is 15.3. The minimum Gasteiger partial charge on any atom is -0.330 e. The summed E-state index contributed by atoms with van der Waals surface area (Å²) in [7, 11) is 6.53. The van der Waals surface area contributed by atoms with Gasteiger partial charge in [-0.3, -0.25) is 0 Å². The van der Waals surface area contributed by atoms with Crippen LogP contribution in [0.3, 0.4) is 0 Å². The molecular formula is C12H28N+. The predicted molar refractivity (Wildman–Crippen MR) is 63.7 cm³/mol. The number of quaternary nitrogens is 1. The van der Waals surface area contributed by atoms with Crippen LogP contribution in [0, 0.1) is 11.8 Å². The Labute approximate surface area is 85.7 Å². The third-order valence-corrected chi connectivity index (χ3v) is 1.08. The first-order valence-electron chi connectivity index (χ1n) is 5.26. The molecule has 0 spiro atoms. The largest absolute Gasteiger partial charge is 0.330 e. The van der Waals surface area contributed by atoms with Crippen LogP contribution in [0.15, 0.2) is 0 Å². The molecule has 0 saturated carbocycles. The van der Waals surface area contributed by atoms with E-state index in [9.17, 15) is 0 Å². The van der Waals surface area contributed by atoms with Crippen LogP contribution in [0.4, 0.5) is 0 Å². The molecule has 0 bridgehead atoms. The van der Waals surface area contributed by atoms with Crippen molar-refractivity contribution in [3.05, 3.63) is 0 Å². The van der Waals surface area contributed by atoms with Gasteiger partial charge in [0.05, 0.1) is 34.1 Å². The molecule has 0 aliphatic rings. The zero-order valence-corrected chi connectivity index (χ0v) is 10.9. The molecule has 0 rings (SSSR count). The van der Waals surface area contributed by atoms with Gasteiger partial charge < -0.3 is 4.48 Å². The van der Waals surface area contributed by atoms with Crippen molar-refractivity contribution in [3.63, 3.8) is 0 Å². The first-order valence-corrected chi connectivity index (χ1v) is 5.26. The summed E-state index contributed by atoms with van der Waals surface area (Å²) in [5.41, 5.74) is 0. The van der Waals surface area contributed by atoms with Crippen molar-refractivity contribution in [1.29, 1.82) is 0 Å². The van der Waals surface area contributed by atoms with Gasteiger partial charge in [-0.2, -0.15) is 0 Å². The lowest BCUT2D eigenvalue weighted by atomic mass is 10.4. The Hall–Kier alpha value is -0.480. The van der Waals surface area contributed by atoms with Crippen molar-refractivity contribution in [2.45, 2.75) is 41.0 Å². The van der Waals surface area contributed by atoms with Crippen molar-refractivity contribution in [2.75, 3.05) is 27.7 Å². The summed E-state index contributed by atoms with van der Waals surface area (Å²) in [6.45, 7) is 11.0. The van der Waals surface area contributed by atoms with Gasteiger partial charge in [-0.25, -0.2) is 0 Å². The van der Waals surface area contributed by atoms with E-state index in [2.05, 4.69) is 33.0 Å². The molecule has 0 aliphatic carbocycles. The van der Waals surface area contributed by atoms with E-state index in [0.29, 0.717) is 0 Å². The summed E-state index contributed by atoms with van der Waals surface area (Å²) in [5.74, 6) is 5.92. The second-order valence-electron chi connectivity index (χ2n) is 3.19. The Bertz CT molecular complexity index is 120. The fraction of sp³-hybridized carbons (Fsp3) is 0.833. The normalized spacial score (nSPS) is 8.00. The van der Waals surface area contributed by atoms with Crippen LogP contribution in [-0.2, 0) is 0 Å². The Kier molecular flexibility index (Phi) is 19.8. The van der Waals surface area contributed by atoms with Crippen LogP contribution >= 0.6 is 0 Å². The Morgan fingerprint density at radius 2 is 1.31 bits per heavy atom. The molecule has 1 heteroatoms. The quantitative estimate of drug-likeness (QED) is 0.459.